The highest BCUT2D eigenvalue weighted by molar-refractivity contribution is 7.86. The summed E-state index contributed by atoms with van der Waals surface area (Å²) in [6, 6.07) is 3.94. The van der Waals surface area contributed by atoms with Crippen LogP contribution in [0.3, 0.4) is 0 Å². The molecule has 0 aliphatic heterocycles. The SMILES string of the molecule is C[N+](C)(C)CCCOc1c(Cl)cc(CC[N+](C)(C)C)cc1Cl.O=S(=O)([O-])C(F)(F)F.O=S(=O)([O-])C(F)(F)F. The summed E-state index contributed by atoms with van der Waals surface area (Å²) in [4.78, 5) is 0. The van der Waals surface area contributed by atoms with Crippen molar-refractivity contribution >= 4 is 43.4 Å². The number of alkyl halides is 6. The number of ether oxygens (including phenoxy) is 1. The number of halogens is 8. The van der Waals surface area contributed by atoms with Crippen molar-refractivity contribution in [3.8, 4) is 5.75 Å². The molecule has 38 heavy (non-hydrogen) atoms. The molecule has 0 unspecified atom stereocenters. The second-order valence-electron chi connectivity index (χ2n) is 9.67. The molecule has 0 saturated heterocycles. The summed E-state index contributed by atoms with van der Waals surface area (Å²) >= 11 is 12.7. The lowest BCUT2D eigenvalue weighted by Crippen LogP contribution is -2.36. The maximum atomic E-state index is 10.7. The van der Waals surface area contributed by atoms with E-state index < -0.39 is 31.3 Å². The maximum absolute atomic E-state index is 10.7. The fraction of sp³-hybridized carbons (Fsp3) is 0.684. The normalized spacial score (nSPS) is 13.2. The van der Waals surface area contributed by atoms with Crippen LogP contribution in [0.25, 0.3) is 0 Å². The molecular weight excluding hydrogens is 617 g/mol. The van der Waals surface area contributed by atoms with E-state index in [9.17, 15) is 26.3 Å². The van der Waals surface area contributed by atoms with Crippen molar-refractivity contribution in [1.29, 1.82) is 0 Å². The van der Waals surface area contributed by atoms with Gasteiger partial charge in [0.15, 0.2) is 26.0 Å². The Morgan fingerprint density at radius 2 is 1.08 bits per heavy atom. The van der Waals surface area contributed by atoms with Crippen molar-refractivity contribution in [1.82, 2.24) is 0 Å². The molecule has 0 aliphatic rings. The van der Waals surface area contributed by atoms with Crippen LogP contribution in [0.4, 0.5) is 26.3 Å². The van der Waals surface area contributed by atoms with Gasteiger partial charge in [-0.05, 0) is 17.7 Å². The molecule has 0 heterocycles. The van der Waals surface area contributed by atoms with Crippen LogP contribution in [0.5, 0.6) is 5.75 Å². The lowest BCUT2D eigenvalue weighted by atomic mass is 10.1. The number of rotatable bonds is 8. The Labute approximate surface area is 228 Å². The molecule has 19 heteroatoms. The summed E-state index contributed by atoms with van der Waals surface area (Å²) < 4.78 is 125. The smallest absolute Gasteiger partial charge is 0.485 e. The molecule has 0 bridgehead atoms. The standard InChI is InChI=1S/C17H30Cl2N2O.2CHF3O3S/c1-20(2,3)9-7-11-22-17-15(18)12-14(13-16(17)19)8-10-21(4,5)6;2*2-1(3,4)8(5,6)7/h12-13H,7-11H2,1-6H3;2*(H,5,6,7)/q+2;;/p-2. The fourth-order valence-electron chi connectivity index (χ4n) is 2.07. The maximum Gasteiger partial charge on any atom is 0.485 e. The van der Waals surface area contributed by atoms with Crippen molar-refractivity contribution in [2.75, 3.05) is 62.0 Å². The monoisotopic (exact) mass is 646 g/mol. The van der Waals surface area contributed by atoms with E-state index in [4.69, 9.17) is 53.9 Å². The van der Waals surface area contributed by atoms with Gasteiger partial charge < -0.3 is 22.8 Å². The first kappa shape index (κ1) is 39.1. The number of likely N-dealkylation sites (N-methyl/N-ethyl adjacent to an activating group) is 1. The Morgan fingerprint density at radius 3 is 1.34 bits per heavy atom. The Hall–Kier alpha value is -1.08. The fourth-order valence-corrected chi connectivity index (χ4v) is 2.71. The van der Waals surface area contributed by atoms with Gasteiger partial charge in [0, 0.05) is 12.8 Å². The Kier molecular flexibility index (Phi) is 14.9. The van der Waals surface area contributed by atoms with Gasteiger partial charge in [0.2, 0.25) is 0 Å². The molecule has 1 aromatic carbocycles. The van der Waals surface area contributed by atoms with Crippen LogP contribution in [0.15, 0.2) is 12.1 Å². The average Bonchev–Trinajstić information content (AvgIpc) is 2.61. The molecule has 1 aromatic rings. The van der Waals surface area contributed by atoms with Gasteiger partial charge in [-0.25, -0.2) is 16.8 Å². The molecule has 1 rings (SSSR count). The molecule has 0 aromatic heterocycles. The zero-order valence-corrected chi connectivity index (χ0v) is 24.4. The number of benzene rings is 1. The topological polar surface area (TPSA) is 124 Å². The van der Waals surface area contributed by atoms with Gasteiger partial charge in [0.05, 0.1) is 72.0 Å². The number of hydrogen-bond acceptors (Lipinski definition) is 7. The van der Waals surface area contributed by atoms with E-state index in [1.807, 2.05) is 12.1 Å². The third-order valence-corrected chi connectivity index (χ3v) is 5.61. The molecule has 0 saturated carbocycles. The summed E-state index contributed by atoms with van der Waals surface area (Å²) in [7, 11) is 0.852. The minimum atomic E-state index is -6.09. The van der Waals surface area contributed by atoms with E-state index >= 15 is 0 Å². The minimum Gasteiger partial charge on any atom is -0.741 e. The highest BCUT2D eigenvalue weighted by Crippen LogP contribution is 2.34. The summed E-state index contributed by atoms with van der Waals surface area (Å²) in [5.74, 6) is 0.610. The lowest BCUT2D eigenvalue weighted by molar-refractivity contribution is -0.870. The van der Waals surface area contributed by atoms with Gasteiger partial charge in [-0.1, -0.05) is 23.2 Å². The second kappa shape index (κ2) is 14.5. The van der Waals surface area contributed by atoms with Crippen molar-refractivity contribution in [3.63, 3.8) is 0 Å². The van der Waals surface area contributed by atoms with Crippen LogP contribution >= 0.6 is 23.2 Å². The van der Waals surface area contributed by atoms with E-state index in [-0.39, 0.29) is 0 Å². The van der Waals surface area contributed by atoms with Gasteiger partial charge in [-0.15, -0.1) is 0 Å². The second-order valence-corrected chi connectivity index (χ2v) is 13.2. The molecule has 0 amide bonds. The Morgan fingerprint density at radius 1 is 0.763 bits per heavy atom. The molecule has 0 atom stereocenters. The summed E-state index contributed by atoms with van der Waals surface area (Å²) in [5.41, 5.74) is -10.1. The van der Waals surface area contributed by atoms with Gasteiger partial charge in [0.1, 0.15) is 0 Å². The van der Waals surface area contributed by atoms with Crippen LogP contribution in [-0.4, -0.2) is 108 Å². The largest absolute Gasteiger partial charge is 0.741 e. The molecular formula is C19H30Cl2F6N2O7S2. The van der Waals surface area contributed by atoms with E-state index in [1.165, 1.54) is 0 Å². The van der Waals surface area contributed by atoms with Gasteiger partial charge in [-0.2, -0.15) is 26.3 Å². The molecule has 0 N–H and O–H groups in total. The Balaban J connectivity index is 0. The molecule has 0 fully saturated rings. The molecule has 226 valence electrons. The summed E-state index contributed by atoms with van der Waals surface area (Å²) in [6.45, 7) is 2.72. The zero-order chi connectivity index (χ0) is 31.0. The average molecular weight is 647 g/mol. The first-order valence-electron chi connectivity index (χ1n) is 10.2. The van der Waals surface area contributed by atoms with E-state index in [0.717, 1.165) is 40.5 Å². The van der Waals surface area contributed by atoms with Crippen LogP contribution in [0.1, 0.15) is 12.0 Å². The molecule has 0 radical (unpaired) electrons. The van der Waals surface area contributed by atoms with Gasteiger partial charge in [-0.3, -0.25) is 0 Å². The molecule has 0 aliphatic carbocycles. The van der Waals surface area contributed by atoms with Gasteiger partial charge in [0.25, 0.3) is 0 Å². The third kappa shape index (κ3) is 18.3. The van der Waals surface area contributed by atoms with E-state index in [0.29, 0.717) is 22.4 Å². The highest BCUT2D eigenvalue weighted by atomic mass is 35.5. The summed E-state index contributed by atoms with van der Waals surface area (Å²) in [5, 5.41) is 1.21. The van der Waals surface area contributed by atoms with Crippen molar-refractivity contribution in [3.05, 3.63) is 27.7 Å². The minimum absolute atomic E-state index is 0.606. The van der Waals surface area contributed by atoms with E-state index in [2.05, 4.69) is 42.3 Å². The quantitative estimate of drug-likeness (QED) is 0.138. The highest BCUT2D eigenvalue weighted by Gasteiger charge is 2.37. The van der Waals surface area contributed by atoms with Crippen LogP contribution in [-0.2, 0) is 26.7 Å². The Bertz CT molecular complexity index is 1040. The number of hydrogen-bond donors (Lipinski definition) is 0. The van der Waals surface area contributed by atoms with Gasteiger partial charge >= 0.3 is 11.0 Å². The number of quaternary nitrogens is 2. The summed E-state index contributed by atoms with van der Waals surface area (Å²) in [6.07, 6.45) is 1.92. The number of nitrogens with zero attached hydrogens (tertiary/aromatic N) is 2. The molecule has 0 spiro atoms. The van der Waals surface area contributed by atoms with Crippen LogP contribution in [0, 0.1) is 0 Å². The predicted octanol–water partition coefficient (Wildman–Crippen LogP) is 3.82. The van der Waals surface area contributed by atoms with E-state index in [1.54, 1.807) is 0 Å². The van der Waals surface area contributed by atoms with Crippen molar-refractivity contribution < 1.29 is 66.0 Å². The van der Waals surface area contributed by atoms with Crippen LogP contribution in [0.2, 0.25) is 10.0 Å². The van der Waals surface area contributed by atoms with Crippen molar-refractivity contribution in [2.24, 2.45) is 0 Å². The lowest BCUT2D eigenvalue weighted by Gasteiger charge is -2.24. The molecule has 9 nitrogen and oxygen atoms in total. The first-order valence-corrected chi connectivity index (χ1v) is 13.8. The first-order chi connectivity index (χ1) is 16.5. The van der Waals surface area contributed by atoms with Crippen LogP contribution < -0.4 is 4.74 Å². The predicted molar refractivity (Wildman–Crippen MR) is 128 cm³/mol. The third-order valence-electron chi connectivity index (χ3n) is 3.92. The zero-order valence-electron chi connectivity index (χ0n) is 21.3. The van der Waals surface area contributed by atoms with Crippen molar-refractivity contribution in [2.45, 2.75) is 23.9 Å².